The molecular formula is C15H20FN3. The first-order valence-electron chi connectivity index (χ1n) is 6.90. The maximum absolute atomic E-state index is 13.4. The number of anilines is 1. The second-order valence-corrected chi connectivity index (χ2v) is 5.23. The Morgan fingerprint density at radius 1 is 1.32 bits per heavy atom. The van der Waals surface area contributed by atoms with E-state index in [1.54, 1.807) is 6.07 Å². The van der Waals surface area contributed by atoms with Crippen LogP contribution in [0.25, 0.3) is 0 Å². The molecule has 1 aliphatic carbocycles. The second-order valence-electron chi connectivity index (χ2n) is 5.23. The predicted molar refractivity (Wildman–Crippen MR) is 74.2 cm³/mol. The smallest absolute Gasteiger partial charge is 0.126 e. The fourth-order valence-corrected chi connectivity index (χ4v) is 2.86. The van der Waals surface area contributed by atoms with E-state index in [-0.39, 0.29) is 11.9 Å². The fourth-order valence-electron chi connectivity index (χ4n) is 2.86. The Balaban J connectivity index is 2.09. The molecule has 1 fully saturated rings. The van der Waals surface area contributed by atoms with E-state index in [4.69, 9.17) is 11.0 Å². The highest BCUT2D eigenvalue weighted by atomic mass is 19.1. The summed E-state index contributed by atoms with van der Waals surface area (Å²) in [5.74, 6) is 0.161. The monoisotopic (exact) mass is 261 g/mol. The Kier molecular flexibility index (Phi) is 4.75. The van der Waals surface area contributed by atoms with Crippen LogP contribution in [0.1, 0.15) is 37.7 Å². The lowest BCUT2D eigenvalue weighted by atomic mass is 9.84. The van der Waals surface area contributed by atoms with Crippen molar-refractivity contribution in [1.82, 2.24) is 0 Å². The van der Waals surface area contributed by atoms with Crippen LogP contribution >= 0.6 is 0 Å². The Bertz CT molecular complexity index is 461. The van der Waals surface area contributed by atoms with Gasteiger partial charge in [-0.3, -0.25) is 0 Å². The lowest BCUT2D eigenvalue weighted by molar-refractivity contribution is 0.320. The zero-order valence-electron chi connectivity index (χ0n) is 11.0. The summed E-state index contributed by atoms with van der Waals surface area (Å²) in [5, 5.41) is 12.2. The molecule has 19 heavy (non-hydrogen) atoms. The summed E-state index contributed by atoms with van der Waals surface area (Å²) in [6.07, 6.45) is 6.14. The Labute approximate surface area is 113 Å². The van der Waals surface area contributed by atoms with Crippen LogP contribution in [-0.2, 0) is 0 Å². The molecule has 0 heterocycles. The van der Waals surface area contributed by atoms with E-state index >= 15 is 0 Å². The number of halogens is 1. The maximum atomic E-state index is 13.4. The molecule has 0 radical (unpaired) electrons. The van der Waals surface area contributed by atoms with Gasteiger partial charge >= 0.3 is 0 Å². The molecule has 1 saturated carbocycles. The first-order valence-corrected chi connectivity index (χ1v) is 6.90. The van der Waals surface area contributed by atoms with Crippen molar-refractivity contribution >= 4 is 5.69 Å². The lowest BCUT2D eigenvalue weighted by Gasteiger charge is -2.30. The van der Waals surface area contributed by atoms with Gasteiger partial charge in [0.1, 0.15) is 5.82 Å². The molecule has 0 bridgehead atoms. The SMILES string of the molecule is N#Cc1cc(F)cc(NC(CN)C2CCCCC2)c1. The molecular weight excluding hydrogens is 241 g/mol. The standard InChI is InChI=1S/C15H20FN3/c16-13-6-11(9-17)7-14(8-13)19-15(10-18)12-4-2-1-3-5-12/h6-8,12,15,19H,1-5,10,18H2. The van der Waals surface area contributed by atoms with Gasteiger partial charge in [0.05, 0.1) is 11.6 Å². The van der Waals surface area contributed by atoms with Crippen molar-refractivity contribution in [3.05, 3.63) is 29.6 Å². The first-order chi connectivity index (χ1) is 9.22. The summed E-state index contributed by atoms with van der Waals surface area (Å²) < 4.78 is 13.4. The number of nitrogens with two attached hydrogens (primary N) is 1. The highest BCUT2D eigenvalue weighted by Gasteiger charge is 2.22. The van der Waals surface area contributed by atoms with Crippen LogP contribution in [0.3, 0.4) is 0 Å². The number of nitrogens with zero attached hydrogens (tertiary/aromatic N) is 1. The van der Waals surface area contributed by atoms with Crippen molar-refractivity contribution in [3.63, 3.8) is 0 Å². The minimum absolute atomic E-state index is 0.161. The molecule has 1 aliphatic rings. The normalized spacial score (nSPS) is 17.7. The summed E-state index contributed by atoms with van der Waals surface area (Å²) in [6, 6.07) is 6.47. The largest absolute Gasteiger partial charge is 0.381 e. The van der Waals surface area contributed by atoms with Gasteiger partial charge in [-0.15, -0.1) is 0 Å². The molecule has 3 nitrogen and oxygen atoms in total. The molecule has 1 aromatic rings. The topological polar surface area (TPSA) is 61.8 Å². The van der Waals surface area contributed by atoms with Gasteiger partial charge in [-0.25, -0.2) is 4.39 Å². The fraction of sp³-hybridized carbons (Fsp3) is 0.533. The number of nitrogens with one attached hydrogen (secondary N) is 1. The van der Waals surface area contributed by atoms with E-state index in [2.05, 4.69) is 5.32 Å². The quantitative estimate of drug-likeness (QED) is 0.875. The first kappa shape index (κ1) is 13.8. The molecule has 0 saturated heterocycles. The third kappa shape index (κ3) is 3.68. The number of benzene rings is 1. The van der Waals surface area contributed by atoms with Crippen molar-refractivity contribution in [2.24, 2.45) is 11.7 Å². The third-order valence-corrected chi connectivity index (χ3v) is 3.85. The van der Waals surface area contributed by atoms with Gasteiger partial charge in [0, 0.05) is 18.3 Å². The van der Waals surface area contributed by atoms with Crippen molar-refractivity contribution < 1.29 is 4.39 Å². The molecule has 1 unspecified atom stereocenters. The van der Waals surface area contributed by atoms with Crippen LogP contribution in [0.2, 0.25) is 0 Å². The second kappa shape index (κ2) is 6.53. The van der Waals surface area contributed by atoms with Crippen molar-refractivity contribution in [2.45, 2.75) is 38.1 Å². The van der Waals surface area contributed by atoms with Crippen LogP contribution in [-0.4, -0.2) is 12.6 Å². The average molecular weight is 261 g/mol. The van der Waals surface area contributed by atoms with Gasteiger partial charge in [0.15, 0.2) is 0 Å². The summed E-state index contributed by atoms with van der Waals surface area (Å²) >= 11 is 0. The van der Waals surface area contributed by atoms with Crippen molar-refractivity contribution in [1.29, 1.82) is 5.26 Å². The molecule has 2 rings (SSSR count). The van der Waals surface area contributed by atoms with Gasteiger partial charge in [-0.05, 0) is 37.0 Å². The molecule has 0 spiro atoms. The minimum atomic E-state index is -0.388. The number of rotatable bonds is 4. The molecule has 102 valence electrons. The van der Waals surface area contributed by atoms with E-state index in [0.717, 1.165) is 0 Å². The zero-order chi connectivity index (χ0) is 13.7. The molecule has 0 amide bonds. The highest BCUT2D eigenvalue weighted by molar-refractivity contribution is 5.50. The summed E-state index contributed by atoms with van der Waals surface area (Å²) in [6.45, 7) is 0.531. The van der Waals surface area contributed by atoms with Gasteiger partial charge in [-0.2, -0.15) is 5.26 Å². The highest BCUT2D eigenvalue weighted by Crippen LogP contribution is 2.28. The molecule has 1 aromatic carbocycles. The number of nitriles is 1. The van der Waals surface area contributed by atoms with Crippen LogP contribution in [0.4, 0.5) is 10.1 Å². The lowest BCUT2D eigenvalue weighted by Crippen LogP contribution is -2.37. The summed E-state index contributed by atoms with van der Waals surface area (Å²) in [7, 11) is 0. The van der Waals surface area contributed by atoms with Crippen LogP contribution in [0.5, 0.6) is 0 Å². The van der Waals surface area contributed by atoms with Crippen LogP contribution < -0.4 is 11.1 Å². The summed E-state index contributed by atoms with van der Waals surface area (Å²) in [4.78, 5) is 0. The Hall–Kier alpha value is -1.60. The van der Waals surface area contributed by atoms with Crippen LogP contribution in [0.15, 0.2) is 18.2 Å². The van der Waals surface area contributed by atoms with Gasteiger partial charge in [0.25, 0.3) is 0 Å². The van der Waals surface area contributed by atoms with E-state index in [0.29, 0.717) is 23.7 Å². The minimum Gasteiger partial charge on any atom is -0.381 e. The van der Waals surface area contributed by atoms with Gasteiger partial charge < -0.3 is 11.1 Å². The van der Waals surface area contributed by atoms with E-state index in [9.17, 15) is 4.39 Å². The Morgan fingerprint density at radius 2 is 2.05 bits per heavy atom. The van der Waals surface area contributed by atoms with E-state index < -0.39 is 0 Å². The third-order valence-electron chi connectivity index (χ3n) is 3.85. The van der Waals surface area contributed by atoms with Gasteiger partial charge in [-0.1, -0.05) is 19.3 Å². The number of hydrogen-bond donors (Lipinski definition) is 2. The number of hydrogen-bond acceptors (Lipinski definition) is 3. The van der Waals surface area contributed by atoms with Crippen LogP contribution in [0, 0.1) is 23.1 Å². The van der Waals surface area contributed by atoms with E-state index in [1.807, 2.05) is 6.07 Å². The average Bonchev–Trinajstić information content (AvgIpc) is 2.45. The van der Waals surface area contributed by atoms with E-state index in [1.165, 1.54) is 44.2 Å². The molecule has 4 heteroatoms. The van der Waals surface area contributed by atoms with Crippen molar-refractivity contribution in [2.75, 3.05) is 11.9 Å². The Morgan fingerprint density at radius 3 is 2.68 bits per heavy atom. The predicted octanol–water partition coefficient (Wildman–Crippen LogP) is 3.02. The van der Waals surface area contributed by atoms with Crippen molar-refractivity contribution in [3.8, 4) is 6.07 Å². The maximum Gasteiger partial charge on any atom is 0.126 e. The van der Waals surface area contributed by atoms with Gasteiger partial charge in [0.2, 0.25) is 0 Å². The molecule has 0 aromatic heterocycles. The molecule has 3 N–H and O–H groups in total. The molecule has 0 aliphatic heterocycles. The molecule has 1 atom stereocenters. The zero-order valence-corrected chi connectivity index (χ0v) is 11.0. The summed E-state index contributed by atoms with van der Waals surface area (Å²) in [5.41, 5.74) is 6.82.